The van der Waals surface area contributed by atoms with E-state index in [1.807, 2.05) is 29.8 Å². The van der Waals surface area contributed by atoms with Crippen molar-refractivity contribution in [1.82, 2.24) is 9.97 Å². The van der Waals surface area contributed by atoms with Gasteiger partial charge in [-0.3, -0.25) is 4.98 Å². The van der Waals surface area contributed by atoms with E-state index in [-0.39, 0.29) is 59.4 Å². The summed E-state index contributed by atoms with van der Waals surface area (Å²) >= 11 is 1.58. The second-order valence-electron chi connectivity index (χ2n) is 6.77. The van der Waals surface area contributed by atoms with E-state index in [1.165, 1.54) is 12.1 Å². The van der Waals surface area contributed by atoms with E-state index in [0.717, 1.165) is 21.6 Å². The van der Waals surface area contributed by atoms with Crippen LogP contribution >= 0.6 is 61.0 Å². The molecular formula is C22H20Cl4N4O2S2. The SMILES string of the molecule is Cl.Cl.Cl.Cl.Nc1ccc(S(=O)(=O)c2ccc3nccc(Nc4ccc5scnc5c4)c3c2)cc1. The van der Waals surface area contributed by atoms with E-state index in [0.29, 0.717) is 16.6 Å². The van der Waals surface area contributed by atoms with Gasteiger partial charge in [-0.15, -0.1) is 61.0 Å². The molecule has 0 bridgehead atoms. The van der Waals surface area contributed by atoms with Crippen molar-refractivity contribution in [3.8, 4) is 0 Å². The average molecular weight is 578 g/mol. The molecule has 0 amide bonds. The fraction of sp³-hybridized carbons (Fsp3) is 0. The Morgan fingerprint density at radius 2 is 1.47 bits per heavy atom. The van der Waals surface area contributed by atoms with Crippen molar-refractivity contribution < 1.29 is 8.42 Å². The zero-order valence-electron chi connectivity index (χ0n) is 17.2. The van der Waals surface area contributed by atoms with Gasteiger partial charge >= 0.3 is 0 Å². The summed E-state index contributed by atoms with van der Waals surface area (Å²) < 4.78 is 27.3. The molecule has 0 unspecified atom stereocenters. The maximum absolute atomic E-state index is 13.1. The number of nitrogen functional groups attached to an aromatic ring is 1. The Hall–Kier alpha value is -2.33. The lowest BCUT2D eigenvalue weighted by molar-refractivity contribution is 0.596. The lowest BCUT2D eigenvalue weighted by Gasteiger charge is -2.11. The maximum atomic E-state index is 13.1. The third-order valence-electron chi connectivity index (χ3n) is 4.82. The number of benzene rings is 3. The second-order valence-corrected chi connectivity index (χ2v) is 9.61. The number of fused-ring (bicyclic) bond motifs is 2. The molecule has 0 spiro atoms. The van der Waals surface area contributed by atoms with Gasteiger partial charge in [0.2, 0.25) is 9.84 Å². The number of nitrogens with two attached hydrogens (primary N) is 1. The van der Waals surface area contributed by atoms with Crippen LogP contribution in [0.4, 0.5) is 17.1 Å². The standard InChI is InChI=1S/C22H16N4O2S2.4ClH/c23-14-1-4-16(5-2-14)30(27,28)17-6-7-19-18(12-17)20(9-10-24-19)26-15-3-8-22-21(11-15)25-13-29-22;;;;/h1-13H,23H2,(H,24,26);4*1H. The Kier molecular flexibility index (Phi) is 10.4. The van der Waals surface area contributed by atoms with Crippen molar-refractivity contribution in [2.45, 2.75) is 9.79 Å². The molecule has 0 atom stereocenters. The summed E-state index contributed by atoms with van der Waals surface area (Å²) in [5.41, 5.74) is 11.3. The molecule has 3 N–H and O–H groups in total. The van der Waals surface area contributed by atoms with Crippen molar-refractivity contribution in [3.05, 3.63) is 78.4 Å². The van der Waals surface area contributed by atoms with Crippen LogP contribution in [0.15, 0.2) is 88.2 Å². The van der Waals surface area contributed by atoms with Gasteiger partial charge in [-0.25, -0.2) is 13.4 Å². The van der Waals surface area contributed by atoms with Crippen LogP contribution in [-0.2, 0) is 9.84 Å². The van der Waals surface area contributed by atoms with Gasteiger partial charge in [-0.2, -0.15) is 0 Å². The number of anilines is 3. The summed E-state index contributed by atoms with van der Waals surface area (Å²) in [5, 5.41) is 4.08. The van der Waals surface area contributed by atoms with Crippen molar-refractivity contribution in [1.29, 1.82) is 0 Å². The monoisotopic (exact) mass is 576 g/mol. The molecule has 6 nitrogen and oxygen atoms in total. The van der Waals surface area contributed by atoms with Crippen LogP contribution < -0.4 is 11.1 Å². The highest BCUT2D eigenvalue weighted by molar-refractivity contribution is 7.91. The van der Waals surface area contributed by atoms with Gasteiger partial charge in [0, 0.05) is 28.6 Å². The fourth-order valence-corrected chi connectivity index (χ4v) is 5.22. The van der Waals surface area contributed by atoms with E-state index >= 15 is 0 Å². The Bertz CT molecular complexity index is 1510. The van der Waals surface area contributed by atoms with Gasteiger partial charge in [-0.1, -0.05) is 0 Å². The predicted molar refractivity (Wildman–Crippen MR) is 150 cm³/mol. The molecule has 0 aliphatic heterocycles. The Labute approximate surface area is 225 Å². The molecule has 34 heavy (non-hydrogen) atoms. The Balaban J connectivity index is 0.00000144. The van der Waals surface area contributed by atoms with Gasteiger partial charge in [-0.05, 0) is 66.7 Å². The van der Waals surface area contributed by atoms with Crippen molar-refractivity contribution in [2.75, 3.05) is 11.1 Å². The predicted octanol–water partition coefficient (Wildman–Crippen LogP) is 6.69. The summed E-state index contributed by atoms with van der Waals surface area (Å²) in [4.78, 5) is 9.12. The minimum absolute atomic E-state index is 0. The molecule has 0 saturated carbocycles. The molecule has 0 aliphatic carbocycles. The first-order valence-corrected chi connectivity index (χ1v) is 11.5. The first-order valence-electron chi connectivity index (χ1n) is 9.10. The Morgan fingerprint density at radius 1 is 0.765 bits per heavy atom. The fourth-order valence-electron chi connectivity index (χ4n) is 3.28. The molecule has 0 aliphatic rings. The highest BCUT2D eigenvalue weighted by Gasteiger charge is 2.19. The van der Waals surface area contributed by atoms with Crippen molar-refractivity contribution in [2.24, 2.45) is 0 Å². The van der Waals surface area contributed by atoms with Crippen molar-refractivity contribution in [3.63, 3.8) is 0 Å². The number of aromatic nitrogens is 2. The van der Waals surface area contributed by atoms with E-state index in [4.69, 9.17) is 5.73 Å². The smallest absolute Gasteiger partial charge is 0.206 e. The molecule has 180 valence electrons. The van der Waals surface area contributed by atoms with Gasteiger partial charge in [0.15, 0.2) is 0 Å². The van der Waals surface area contributed by atoms with Gasteiger partial charge in [0.05, 0.1) is 31.0 Å². The zero-order valence-corrected chi connectivity index (χ0v) is 22.1. The average Bonchev–Trinajstić information content (AvgIpc) is 3.22. The number of pyridine rings is 1. The highest BCUT2D eigenvalue weighted by Crippen LogP contribution is 2.31. The first-order chi connectivity index (χ1) is 14.5. The van der Waals surface area contributed by atoms with Gasteiger partial charge in [0.25, 0.3) is 0 Å². The number of hydrogen-bond acceptors (Lipinski definition) is 7. The molecule has 3 aromatic carbocycles. The number of nitrogens with zero attached hydrogens (tertiary/aromatic N) is 2. The molecule has 2 aromatic heterocycles. The molecule has 5 aromatic rings. The van der Waals surface area contributed by atoms with E-state index in [2.05, 4.69) is 15.3 Å². The van der Waals surface area contributed by atoms with Crippen LogP contribution in [0, 0.1) is 0 Å². The first kappa shape index (κ1) is 29.7. The molecule has 0 radical (unpaired) electrons. The second kappa shape index (κ2) is 11.9. The summed E-state index contributed by atoms with van der Waals surface area (Å²) in [6, 6.07) is 18.9. The quantitative estimate of drug-likeness (QED) is 0.231. The van der Waals surface area contributed by atoms with Crippen LogP contribution in [0.5, 0.6) is 0 Å². The number of rotatable bonds is 4. The summed E-state index contributed by atoms with van der Waals surface area (Å²) in [6.45, 7) is 0. The van der Waals surface area contributed by atoms with Crippen molar-refractivity contribution >= 4 is 109 Å². The molecule has 0 fully saturated rings. The molecule has 0 saturated heterocycles. The van der Waals surface area contributed by atoms with Crippen LogP contribution in [0.1, 0.15) is 0 Å². The number of sulfone groups is 1. The van der Waals surface area contributed by atoms with E-state index in [9.17, 15) is 8.42 Å². The minimum atomic E-state index is -3.68. The molecule has 12 heteroatoms. The van der Waals surface area contributed by atoms with Crippen LogP contribution in [0.25, 0.3) is 21.1 Å². The van der Waals surface area contributed by atoms with Crippen LogP contribution in [0.2, 0.25) is 0 Å². The summed E-state index contributed by atoms with van der Waals surface area (Å²) in [6.07, 6.45) is 1.69. The van der Waals surface area contributed by atoms with E-state index < -0.39 is 9.84 Å². The number of nitrogens with one attached hydrogen (secondary N) is 1. The zero-order chi connectivity index (χ0) is 20.7. The van der Waals surface area contributed by atoms with Crippen LogP contribution in [-0.4, -0.2) is 18.4 Å². The maximum Gasteiger partial charge on any atom is 0.206 e. The topological polar surface area (TPSA) is 98.0 Å². The highest BCUT2D eigenvalue weighted by atomic mass is 35.5. The third-order valence-corrected chi connectivity index (χ3v) is 7.40. The van der Waals surface area contributed by atoms with Gasteiger partial charge in [0.1, 0.15) is 0 Å². The third kappa shape index (κ3) is 5.66. The minimum Gasteiger partial charge on any atom is -0.399 e. The largest absolute Gasteiger partial charge is 0.399 e. The number of thiazole rings is 1. The molecular weight excluding hydrogens is 558 g/mol. The number of halogens is 4. The molecule has 5 rings (SSSR count). The molecule has 2 heterocycles. The van der Waals surface area contributed by atoms with Crippen LogP contribution in [0.3, 0.4) is 0 Å². The van der Waals surface area contributed by atoms with E-state index in [1.54, 1.807) is 47.9 Å². The summed E-state index contributed by atoms with van der Waals surface area (Å²) in [7, 11) is -3.68. The number of hydrogen-bond donors (Lipinski definition) is 2. The van der Waals surface area contributed by atoms with Gasteiger partial charge < -0.3 is 11.1 Å². The lowest BCUT2D eigenvalue weighted by atomic mass is 10.2. The Morgan fingerprint density at radius 3 is 2.21 bits per heavy atom. The lowest BCUT2D eigenvalue weighted by Crippen LogP contribution is -2.03. The normalized spacial score (nSPS) is 10.4. The summed E-state index contributed by atoms with van der Waals surface area (Å²) in [5.74, 6) is 0.